The van der Waals surface area contributed by atoms with Crippen LogP contribution in [0.1, 0.15) is 22.7 Å². The number of H-pyrrole nitrogens is 2. The van der Waals surface area contributed by atoms with Gasteiger partial charge in [0.2, 0.25) is 5.91 Å². The predicted octanol–water partition coefficient (Wildman–Crippen LogP) is 2.22. The number of anilines is 1. The number of halogens is 1. The van der Waals surface area contributed by atoms with Gasteiger partial charge in [-0.1, -0.05) is 29.8 Å². The van der Waals surface area contributed by atoms with Crippen LogP contribution in [0.15, 0.2) is 40.1 Å². The largest absolute Gasteiger partial charge is 0.336 e. The van der Waals surface area contributed by atoms with Gasteiger partial charge in [0.1, 0.15) is 11.3 Å². The molecule has 0 unspecified atom stereocenters. The topological polar surface area (TPSA) is 126 Å². The van der Waals surface area contributed by atoms with Crippen molar-refractivity contribution in [3.8, 4) is 0 Å². The number of nitrogens with one attached hydrogen (secondary N) is 3. The van der Waals surface area contributed by atoms with E-state index >= 15 is 0 Å². The van der Waals surface area contributed by atoms with Gasteiger partial charge in [-0.3, -0.25) is 19.1 Å². The number of imidazole rings is 1. The van der Waals surface area contributed by atoms with Crippen LogP contribution in [0, 0.1) is 0 Å². The number of hydrogen-bond donors (Lipinski definition) is 3. The van der Waals surface area contributed by atoms with E-state index in [1.807, 2.05) is 24.3 Å². The lowest BCUT2D eigenvalue weighted by Crippen LogP contribution is -2.28. The fourth-order valence-electron chi connectivity index (χ4n) is 2.96. The lowest BCUT2D eigenvalue weighted by molar-refractivity contribution is -0.116. The molecule has 0 fully saturated rings. The smallest absolute Gasteiger partial charge is 0.329 e. The van der Waals surface area contributed by atoms with Crippen molar-refractivity contribution in [3.05, 3.63) is 72.6 Å². The lowest BCUT2D eigenvalue weighted by atomic mass is 10.1. The van der Waals surface area contributed by atoms with Gasteiger partial charge in [-0.05, 0) is 11.6 Å². The molecule has 0 saturated carbocycles. The van der Waals surface area contributed by atoms with Crippen LogP contribution in [-0.4, -0.2) is 30.4 Å². The van der Waals surface area contributed by atoms with Gasteiger partial charge in [0, 0.05) is 42.4 Å². The van der Waals surface area contributed by atoms with Crippen LogP contribution in [0.25, 0.3) is 11.2 Å². The highest BCUT2D eigenvalue weighted by Crippen LogP contribution is 2.24. The molecule has 30 heavy (non-hydrogen) atoms. The summed E-state index contributed by atoms with van der Waals surface area (Å²) in [6.07, 6.45) is 2.78. The van der Waals surface area contributed by atoms with Gasteiger partial charge in [-0.2, -0.15) is 0 Å². The molecule has 0 saturated heterocycles. The van der Waals surface area contributed by atoms with Gasteiger partial charge in [0.15, 0.2) is 10.8 Å². The molecule has 0 aliphatic rings. The molecule has 0 atom stereocenters. The van der Waals surface area contributed by atoms with Gasteiger partial charge < -0.3 is 10.3 Å². The normalized spacial score (nSPS) is 11.1. The number of carbonyl (C=O) groups is 1. The van der Waals surface area contributed by atoms with Crippen LogP contribution in [0.2, 0.25) is 5.02 Å². The van der Waals surface area contributed by atoms with Crippen molar-refractivity contribution in [2.24, 2.45) is 7.05 Å². The number of carbonyl (C=O) groups excluding carboxylic acids is 1. The zero-order chi connectivity index (χ0) is 21.3. The van der Waals surface area contributed by atoms with E-state index in [0.717, 1.165) is 10.4 Å². The summed E-state index contributed by atoms with van der Waals surface area (Å²) in [5.74, 6) is 0.224. The molecule has 3 aromatic heterocycles. The first-order valence-corrected chi connectivity index (χ1v) is 10.3. The summed E-state index contributed by atoms with van der Waals surface area (Å²) >= 11 is 7.57. The molecule has 0 bridgehead atoms. The average molecular weight is 445 g/mol. The second kappa shape index (κ2) is 8.25. The van der Waals surface area contributed by atoms with Gasteiger partial charge >= 0.3 is 5.69 Å². The third-order valence-electron chi connectivity index (χ3n) is 4.51. The Morgan fingerprint density at radius 2 is 2.07 bits per heavy atom. The number of amides is 1. The number of hydrogen-bond acceptors (Lipinski definition) is 6. The van der Waals surface area contributed by atoms with E-state index in [2.05, 4.69) is 25.3 Å². The van der Waals surface area contributed by atoms with Crippen molar-refractivity contribution in [3.63, 3.8) is 0 Å². The number of aromatic nitrogens is 5. The van der Waals surface area contributed by atoms with Crippen molar-refractivity contribution < 1.29 is 4.79 Å². The summed E-state index contributed by atoms with van der Waals surface area (Å²) < 4.78 is 1.24. The lowest BCUT2D eigenvalue weighted by Gasteiger charge is -2.01. The average Bonchev–Trinajstić information content (AvgIpc) is 3.34. The van der Waals surface area contributed by atoms with E-state index in [-0.39, 0.29) is 29.9 Å². The molecule has 154 valence electrons. The van der Waals surface area contributed by atoms with E-state index in [4.69, 9.17) is 11.6 Å². The molecule has 1 aromatic carbocycles. The maximum Gasteiger partial charge on any atom is 0.329 e. The molecule has 0 aliphatic heterocycles. The first-order valence-electron chi connectivity index (χ1n) is 9.06. The zero-order valence-electron chi connectivity index (χ0n) is 15.9. The summed E-state index contributed by atoms with van der Waals surface area (Å²) in [5, 5.41) is 3.97. The molecule has 4 rings (SSSR count). The molecule has 9 nitrogen and oxygen atoms in total. The number of aromatic amines is 2. The second-order valence-corrected chi connectivity index (χ2v) is 8.17. The SMILES string of the molecule is Cn1c(=O)[nH]c(=O)c2[nH]c(CCC(=O)Nc3ncc(Cc4ccccc4Cl)s3)nc21. The molecule has 1 amide bonds. The summed E-state index contributed by atoms with van der Waals surface area (Å²) in [6.45, 7) is 0. The minimum absolute atomic E-state index is 0.144. The molecule has 3 heterocycles. The minimum Gasteiger partial charge on any atom is -0.336 e. The molecule has 0 aliphatic carbocycles. The van der Waals surface area contributed by atoms with Crippen LogP contribution in [0.5, 0.6) is 0 Å². The summed E-state index contributed by atoms with van der Waals surface area (Å²) in [5.41, 5.74) is 0.375. The predicted molar refractivity (Wildman–Crippen MR) is 115 cm³/mol. The second-order valence-electron chi connectivity index (χ2n) is 6.65. The molecule has 0 spiro atoms. The number of benzene rings is 1. The molecule has 11 heteroatoms. The molecular formula is C19H17ClN6O3S. The highest BCUT2D eigenvalue weighted by atomic mass is 35.5. The monoisotopic (exact) mass is 444 g/mol. The van der Waals surface area contributed by atoms with Gasteiger partial charge in [-0.25, -0.2) is 14.8 Å². The maximum atomic E-state index is 12.3. The number of fused-ring (bicyclic) bond motifs is 1. The van der Waals surface area contributed by atoms with Crippen molar-refractivity contribution in [1.29, 1.82) is 0 Å². The van der Waals surface area contributed by atoms with Crippen LogP contribution < -0.4 is 16.6 Å². The van der Waals surface area contributed by atoms with Crippen LogP contribution >= 0.6 is 22.9 Å². The Balaban J connectivity index is 1.38. The first kappa shape index (κ1) is 20.0. The Labute approximate surface area is 178 Å². The standard InChI is InChI=1S/C19H17ClN6O3S/c1-26-16-15(17(28)25-19(26)29)22-13(23-16)6-7-14(27)24-18-21-9-11(30-18)8-10-4-2-3-5-12(10)20/h2-5,9H,6-8H2,1H3,(H,22,23)(H,21,24,27)(H,25,28,29). The summed E-state index contributed by atoms with van der Waals surface area (Å²) in [4.78, 5) is 50.3. The Kier molecular flexibility index (Phi) is 5.51. The molecule has 4 aromatic rings. The highest BCUT2D eigenvalue weighted by molar-refractivity contribution is 7.15. The Hall–Kier alpha value is -3.24. The van der Waals surface area contributed by atoms with Gasteiger partial charge in [-0.15, -0.1) is 11.3 Å². The fraction of sp³-hybridized carbons (Fsp3) is 0.211. The Bertz CT molecular complexity index is 1350. The molecular weight excluding hydrogens is 428 g/mol. The van der Waals surface area contributed by atoms with Gasteiger partial charge in [0.05, 0.1) is 0 Å². The molecule has 3 N–H and O–H groups in total. The van der Waals surface area contributed by atoms with E-state index < -0.39 is 11.2 Å². The van der Waals surface area contributed by atoms with Crippen LogP contribution in [0.3, 0.4) is 0 Å². The van der Waals surface area contributed by atoms with E-state index in [1.165, 1.54) is 23.0 Å². The van der Waals surface area contributed by atoms with Crippen LogP contribution in [0.4, 0.5) is 5.13 Å². The number of rotatable bonds is 6. The summed E-state index contributed by atoms with van der Waals surface area (Å²) in [6, 6.07) is 7.59. The number of thiazole rings is 1. The van der Waals surface area contributed by atoms with E-state index in [0.29, 0.717) is 22.4 Å². The number of aryl methyl sites for hydroxylation is 2. The van der Waals surface area contributed by atoms with Crippen molar-refractivity contribution in [2.75, 3.05) is 5.32 Å². The fourth-order valence-corrected chi connectivity index (χ4v) is 4.02. The van der Waals surface area contributed by atoms with Gasteiger partial charge in [0.25, 0.3) is 5.56 Å². The number of nitrogens with zero attached hydrogens (tertiary/aromatic N) is 3. The van der Waals surface area contributed by atoms with E-state index in [1.54, 1.807) is 6.20 Å². The van der Waals surface area contributed by atoms with Crippen molar-refractivity contribution in [1.82, 2.24) is 24.5 Å². The quantitative estimate of drug-likeness (QED) is 0.420. The third-order valence-corrected chi connectivity index (χ3v) is 5.80. The summed E-state index contributed by atoms with van der Waals surface area (Å²) in [7, 11) is 1.51. The third kappa shape index (κ3) is 4.19. The molecule has 0 radical (unpaired) electrons. The van der Waals surface area contributed by atoms with E-state index in [9.17, 15) is 14.4 Å². The minimum atomic E-state index is -0.542. The van der Waals surface area contributed by atoms with Crippen LogP contribution in [-0.2, 0) is 24.7 Å². The maximum absolute atomic E-state index is 12.3. The Morgan fingerprint density at radius 3 is 2.87 bits per heavy atom. The first-order chi connectivity index (χ1) is 14.4. The highest BCUT2D eigenvalue weighted by Gasteiger charge is 2.13. The Morgan fingerprint density at radius 1 is 1.27 bits per heavy atom. The van der Waals surface area contributed by atoms with Crippen molar-refractivity contribution >= 4 is 45.1 Å². The van der Waals surface area contributed by atoms with Crippen molar-refractivity contribution in [2.45, 2.75) is 19.3 Å². The zero-order valence-corrected chi connectivity index (χ0v) is 17.4.